The van der Waals surface area contributed by atoms with Crippen molar-refractivity contribution in [3.8, 4) is 11.1 Å². The van der Waals surface area contributed by atoms with E-state index in [2.05, 4.69) is 9.71 Å². The highest BCUT2D eigenvalue weighted by Gasteiger charge is 2.18. The van der Waals surface area contributed by atoms with Gasteiger partial charge >= 0.3 is 0 Å². The molecule has 128 valence electrons. The molecule has 4 nitrogen and oxygen atoms in total. The van der Waals surface area contributed by atoms with Gasteiger partial charge in [0.2, 0.25) is 0 Å². The highest BCUT2D eigenvalue weighted by Crippen LogP contribution is 2.28. The molecular weight excluding hydrogens is 363 g/mol. The van der Waals surface area contributed by atoms with Crippen molar-refractivity contribution in [2.24, 2.45) is 0 Å². The molecule has 0 bridgehead atoms. The first-order valence-electron chi connectivity index (χ1n) is 7.37. The van der Waals surface area contributed by atoms with Crippen LogP contribution >= 0.6 is 11.6 Å². The lowest BCUT2D eigenvalue weighted by atomic mass is 10.1. The lowest BCUT2D eigenvalue weighted by Crippen LogP contribution is -2.15. The van der Waals surface area contributed by atoms with Crippen molar-refractivity contribution in [1.82, 2.24) is 4.98 Å². The Bertz CT molecular complexity index is 1020. The van der Waals surface area contributed by atoms with Gasteiger partial charge in [0.15, 0.2) is 5.82 Å². The fourth-order valence-corrected chi connectivity index (χ4v) is 3.90. The Morgan fingerprint density at radius 2 is 1.72 bits per heavy atom. The van der Waals surface area contributed by atoms with E-state index in [0.717, 1.165) is 5.56 Å². The summed E-state index contributed by atoms with van der Waals surface area (Å²) in [5.74, 6) is -0.304. The van der Waals surface area contributed by atoms with E-state index in [4.69, 9.17) is 11.6 Å². The molecular formula is C18H14ClFN2O2S. The van der Waals surface area contributed by atoms with Crippen molar-refractivity contribution in [2.75, 3.05) is 4.72 Å². The minimum absolute atomic E-state index is 0.0378. The molecule has 0 saturated heterocycles. The first-order chi connectivity index (χ1) is 11.9. The Balaban J connectivity index is 1.91. The third-order valence-electron chi connectivity index (χ3n) is 3.63. The summed E-state index contributed by atoms with van der Waals surface area (Å²) in [6.07, 6.45) is 1.48. The molecule has 0 amide bonds. The number of hydrogen-bond donors (Lipinski definition) is 1. The van der Waals surface area contributed by atoms with E-state index >= 15 is 0 Å². The molecule has 1 aromatic heterocycles. The van der Waals surface area contributed by atoms with Gasteiger partial charge in [-0.05, 0) is 42.3 Å². The van der Waals surface area contributed by atoms with Gasteiger partial charge in [-0.15, -0.1) is 0 Å². The van der Waals surface area contributed by atoms with Crippen LogP contribution in [0.2, 0.25) is 5.02 Å². The molecule has 3 aromatic rings. The molecule has 1 N–H and O–H groups in total. The van der Waals surface area contributed by atoms with Crippen LogP contribution in [0.25, 0.3) is 11.1 Å². The summed E-state index contributed by atoms with van der Waals surface area (Å²) in [6.45, 7) is 1.71. The molecule has 1 heterocycles. The zero-order valence-electron chi connectivity index (χ0n) is 13.2. The number of anilines is 1. The largest absolute Gasteiger partial charge is 0.263 e. The molecule has 7 heteroatoms. The standard InChI is InChI=1S/C18H14ClFN2O2S/c1-12-4-2-3-5-17(12)25(23,24)22-18-16(19)10-14(11-21-18)13-6-8-15(20)9-7-13/h2-11H,1H3,(H,21,22). The van der Waals surface area contributed by atoms with Crippen LogP contribution in [-0.2, 0) is 10.0 Å². The quantitative estimate of drug-likeness (QED) is 0.721. The number of hydrogen-bond acceptors (Lipinski definition) is 3. The molecule has 0 aliphatic rings. The molecule has 0 aliphatic heterocycles. The molecule has 0 radical (unpaired) electrons. The van der Waals surface area contributed by atoms with E-state index in [1.54, 1.807) is 43.3 Å². The Morgan fingerprint density at radius 1 is 1.04 bits per heavy atom. The van der Waals surface area contributed by atoms with Crippen LogP contribution in [0.4, 0.5) is 10.2 Å². The van der Waals surface area contributed by atoms with Crippen LogP contribution in [-0.4, -0.2) is 13.4 Å². The highest BCUT2D eigenvalue weighted by atomic mass is 35.5. The van der Waals surface area contributed by atoms with E-state index in [0.29, 0.717) is 11.1 Å². The topological polar surface area (TPSA) is 59.1 Å². The Hall–Kier alpha value is -2.44. The average molecular weight is 377 g/mol. The Labute approximate surface area is 150 Å². The number of aromatic nitrogens is 1. The third kappa shape index (κ3) is 3.81. The third-order valence-corrected chi connectivity index (χ3v) is 5.42. The second-order valence-electron chi connectivity index (χ2n) is 5.43. The maximum absolute atomic E-state index is 13.0. The molecule has 3 rings (SSSR count). The van der Waals surface area contributed by atoms with E-state index in [1.807, 2.05) is 0 Å². The Kier molecular flexibility index (Phi) is 4.74. The van der Waals surface area contributed by atoms with Gasteiger partial charge < -0.3 is 0 Å². The summed E-state index contributed by atoms with van der Waals surface area (Å²) >= 11 is 6.18. The molecule has 0 saturated carbocycles. The van der Waals surface area contributed by atoms with Crippen LogP contribution in [0.5, 0.6) is 0 Å². The van der Waals surface area contributed by atoms with E-state index in [-0.39, 0.29) is 21.6 Å². The fourth-order valence-electron chi connectivity index (χ4n) is 2.35. The Morgan fingerprint density at radius 3 is 2.36 bits per heavy atom. The average Bonchev–Trinajstić information content (AvgIpc) is 2.57. The van der Waals surface area contributed by atoms with Crippen LogP contribution in [0.15, 0.2) is 65.7 Å². The molecule has 2 aromatic carbocycles. The van der Waals surface area contributed by atoms with Crippen LogP contribution in [0.3, 0.4) is 0 Å². The molecule has 0 spiro atoms. The number of benzene rings is 2. The molecule has 0 aliphatic carbocycles. The summed E-state index contributed by atoms with van der Waals surface area (Å²) in [7, 11) is -3.80. The zero-order valence-corrected chi connectivity index (χ0v) is 14.8. The minimum atomic E-state index is -3.80. The number of pyridine rings is 1. The number of aryl methyl sites for hydroxylation is 1. The normalized spacial score (nSPS) is 11.3. The van der Waals surface area contributed by atoms with Crippen LogP contribution in [0, 0.1) is 12.7 Å². The number of halogens is 2. The monoisotopic (exact) mass is 376 g/mol. The number of nitrogens with zero attached hydrogens (tertiary/aromatic N) is 1. The van der Waals surface area contributed by atoms with Gasteiger partial charge in [-0.25, -0.2) is 17.8 Å². The number of sulfonamides is 1. The summed E-state index contributed by atoms with van der Waals surface area (Å²) in [5.41, 5.74) is 2.00. The van der Waals surface area contributed by atoms with Crippen LogP contribution in [0.1, 0.15) is 5.56 Å². The van der Waals surface area contributed by atoms with Gasteiger partial charge in [0.1, 0.15) is 5.82 Å². The minimum Gasteiger partial charge on any atom is -0.262 e. The smallest absolute Gasteiger partial charge is 0.262 e. The van der Waals surface area contributed by atoms with Crippen molar-refractivity contribution >= 4 is 27.4 Å². The zero-order chi connectivity index (χ0) is 18.0. The van der Waals surface area contributed by atoms with Gasteiger partial charge in [0, 0.05) is 11.8 Å². The molecule has 25 heavy (non-hydrogen) atoms. The predicted octanol–water partition coefficient (Wildman–Crippen LogP) is 4.65. The van der Waals surface area contributed by atoms with Crippen molar-refractivity contribution in [1.29, 1.82) is 0 Å². The van der Waals surface area contributed by atoms with Gasteiger partial charge in [-0.1, -0.05) is 41.9 Å². The maximum atomic E-state index is 13.0. The molecule has 0 unspecified atom stereocenters. The summed E-state index contributed by atoms with van der Waals surface area (Å²) < 4.78 is 40.4. The maximum Gasteiger partial charge on any atom is 0.263 e. The van der Waals surface area contributed by atoms with Gasteiger partial charge in [-0.3, -0.25) is 4.72 Å². The van der Waals surface area contributed by atoms with Crippen molar-refractivity contribution in [3.05, 3.63) is 77.2 Å². The first kappa shape index (κ1) is 17.4. The van der Waals surface area contributed by atoms with E-state index < -0.39 is 10.0 Å². The lowest BCUT2D eigenvalue weighted by molar-refractivity contribution is 0.600. The van der Waals surface area contributed by atoms with E-state index in [9.17, 15) is 12.8 Å². The van der Waals surface area contributed by atoms with Crippen molar-refractivity contribution < 1.29 is 12.8 Å². The van der Waals surface area contributed by atoms with Crippen molar-refractivity contribution in [3.63, 3.8) is 0 Å². The van der Waals surface area contributed by atoms with E-state index in [1.165, 1.54) is 24.4 Å². The first-order valence-corrected chi connectivity index (χ1v) is 9.23. The summed E-state index contributed by atoms with van der Waals surface area (Å²) in [6, 6.07) is 14.1. The summed E-state index contributed by atoms with van der Waals surface area (Å²) in [5, 5.41) is 0.152. The second kappa shape index (κ2) is 6.82. The molecule has 0 fully saturated rings. The summed E-state index contributed by atoms with van der Waals surface area (Å²) in [4.78, 5) is 4.26. The fraction of sp³-hybridized carbons (Fsp3) is 0.0556. The number of rotatable bonds is 4. The highest BCUT2D eigenvalue weighted by molar-refractivity contribution is 7.92. The lowest BCUT2D eigenvalue weighted by Gasteiger charge is -2.11. The second-order valence-corrected chi connectivity index (χ2v) is 7.49. The number of nitrogens with one attached hydrogen (secondary N) is 1. The van der Waals surface area contributed by atoms with Crippen molar-refractivity contribution in [2.45, 2.75) is 11.8 Å². The van der Waals surface area contributed by atoms with Gasteiger partial charge in [0.05, 0.1) is 9.92 Å². The SMILES string of the molecule is Cc1ccccc1S(=O)(=O)Nc1ncc(-c2ccc(F)cc2)cc1Cl. The predicted molar refractivity (Wildman–Crippen MR) is 96.6 cm³/mol. The van der Waals surface area contributed by atoms with Crippen LogP contribution < -0.4 is 4.72 Å². The molecule has 0 atom stereocenters. The van der Waals surface area contributed by atoms with Gasteiger partial charge in [0.25, 0.3) is 10.0 Å². The van der Waals surface area contributed by atoms with Gasteiger partial charge in [-0.2, -0.15) is 0 Å².